The lowest BCUT2D eigenvalue weighted by molar-refractivity contribution is 0.448. The predicted molar refractivity (Wildman–Crippen MR) is 44.6 cm³/mol. The van der Waals surface area contributed by atoms with Gasteiger partial charge in [0.1, 0.15) is 0 Å². The first-order valence-corrected chi connectivity index (χ1v) is 4.31. The molecule has 2 atom stereocenters. The van der Waals surface area contributed by atoms with Crippen LogP contribution in [0.2, 0.25) is 0 Å². The van der Waals surface area contributed by atoms with Crippen molar-refractivity contribution in [1.29, 1.82) is 0 Å². The molecule has 0 spiro atoms. The van der Waals surface area contributed by atoms with Gasteiger partial charge in [0.2, 0.25) is 0 Å². The van der Waals surface area contributed by atoms with Gasteiger partial charge in [0.25, 0.3) is 0 Å². The van der Waals surface area contributed by atoms with Crippen LogP contribution in [0.4, 0.5) is 0 Å². The van der Waals surface area contributed by atoms with Gasteiger partial charge < -0.3 is 5.73 Å². The fourth-order valence-corrected chi connectivity index (χ4v) is 2.16. The lowest BCUT2D eigenvalue weighted by Crippen LogP contribution is -2.07. The molecule has 1 saturated carbocycles. The van der Waals surface area contributed by atoms with E-state index in [1.807, 2.05) is 0 Å². The van der Waals surface area contributed by atoms with Crippen molar-refractivity contribution in [2.45, 2.75) is 33.7 Å². The zero-order chi connectivity index (χ0) is 7.89. The van der Waals surface area contributed by atoms with Crippen LogP contribution in [-0.2, 0) is 0 Å². The maximum Gasteiger partial charge on any atom is 0.0107 e. The third-order valence-corrected chi connectivity index (χ3v) is 2.73. The van der Waals surface area contributed by atoms with Gasteiger partial charge in [0, 0.05) is 6.04 Å². The summed E-state index contributed by atoms with van der Waals surface area (Å²) >= 11 is 0. The third-order valence-electron chi connectivity index (χ3n) is 2.73. The van der Waals surface area contributed by atoms with E-state index in [0.717, 1.165) is 23.7 Å². The normalized spacial score (nSPS) is 39.3. The molecule has 1 nitrogen and oxygen atoms in total. The molecule has 0 bridgehead atoms. The highest BCUT2D eigenvalue weighted by molar-refractivity contribution is 5.03. The van der Waals surface area contributed by atoms with Crippen molar-refractivity contribution in [1.82, 2.24) is 0 Å². The van der Waals surface area contributed by atoms with Crippen LogP contribution in [0.1, 0.15) is 27.7 Å². The summed E-state index contributed by atoms with van der Waals surface area (Å²) in [5, 5.41) is 0. The topological polar surface area (TPSA) is 26.0 Å². The zero-order valence-electron chi connectivity index (χ0n) is 7.46. The van der Waals surface area contributed by atoms with Crippen LogP contribution >= 0.6 is 0 Å². The smallest absolute Gasteiger partial charge is 0.0107 e. The molecule has 0 heterocycles. The van der Waals surface area contributed by atoms with Crippen LogP contribution in [0.25, 0.3) is 0 Å². The molecule has 0 aliphatic heterocycles. The van der Waals surface area contributed by atoms with E-state index in [2.05, 4.69) is 27.7 Å². The summed E-state index contributed by atoms with van der Waals surface area (Å²) in [6, 6.07) is 0.500. The monoisotopic (exact) mass is 141 g/mol. The number of hydrogen-bond acceptors (Lipinski definition) is 1. The van der Waals surface area contributed by atoms with Crippen LogP contribution in [-0.4, -0.2) is 6.04 Å². The average Bonchev–Trinajstić information content (AvgIpc) is 2.40. The largest absolute Gasteiger partial charge is 0.327 e. The Balaban J connectivity index is 2.41. The van der Waals surface area contributed by atoms with Crippen LogP contribution < -0.4 is 5.73 Å². The van der Waals surface area contributed by atoms with Gasteiger partial charge in [-0.25, -0.2) is 0 Å². The second-order valence-electron chi connectivity index (χ2n) is 4.22. The lowest BCUT2D eigenvalue weighted by atomic mass is 10.0. The highest BCUT2D eigenvalue weighted by atomic mass is 14.8. The molecule has 1 aliphatic rings. The molecule has 2 unspecified atom stereocenters. The summed E-state index contributed by atoms with van der Waals surface area (Å²) in [5.41, 5.74) is 5.91. The summed E-state index contributed by atoms with van der Waals surface area (Å²) in [4.78, 5) is 0. The Labute approximate surface area is 64.0 Å². The second-order valence-corrected chi connectivity index (χ2v) is 4.22. The van der Waals surface area contributed by atoms with Crippen LogP contribution in [0.5, 0.6) is 0 Å². The van der Waals surface area contributed by atoms with E-state index in [4.69, 9.17) is 5.73 Å². The van der Waals surface area contributed by atoms with Gasteiger partial charge in [-0.1, -0.05) is 27.7 Å². The first kappa shape index (κ1) is 8.06. The molecule has 0 aromatic rings. The average molecular weight is 141 g/mol. The molecule has 1 rings (SSSR count). The van der Waals surface area contributed by atoms with E-state index in [9.17, 15) is 0 Å². The van der Waals surface area contributed by atoms with Gasteiger partial charge in [0.15, 0.2) is 0 Å². The number of hydrogen-bond donors (Lipinski definition) is 1. The molecule has 1 aliphatic carbocycles. The van der Waals surface area contributed by atoms with Crippen molar-refractivity contribution in [3.05, 3.63) is 0 Å². The van der Waals surface area contributed by atoms with Gasteiger partial charge in [-0.05, 0) is 23.7 Å². The molecule has 2 N–H and O–H groups in total. The van der Waals surface area contributed by atoms with Crippen molar-refractivity contribution in [3.8, 4) is 0 Å². The van der Waals surface area contributed by atoms with Crippen molar-refractivity contribution >= 4 is 0 Å². The Morgan fingerprint density at radius 3 is 1.30 bits per heavy atom. The van der Waals surface area contributed by atoms with Crippen molar-refractivity contribution in [2.75, 3.05) is 0 Å². The Kier molecular flexibility index (Phi) is 2.04. The van der Waals surface area contributed by atoms with Crippen LogP contribution in [0.15, 0.2) is 0 Å². The van der Waals surface area contributed by atoms with E-state index in [0.29, 0.717) is 6.04 Å². The molecule has 10 heavy (non-hydrogen) atoms. The Bertz CT molecular complexity index is 104. The number of rotatable bonds is 2. The van der Waals surface area contributed by atoms with Crippen molar-refractivity contribution in [2.24, 2.45) is 29.4 Å². The standard InChI is InChI=1S/C9H19N/c1-5(2)7-8(6(3)4)9(7)10/h5-9H,10H2,1-4H3. The van der Waals surface area contributed by atoms with Gasteiger partial charge in [-0.3, -0.25) is 0 Å². The van der Waals surface area contributed by atoms with Gasteiger partial charge in [-0.2, -0.15) is 0 Å². The minimum atomic E-state index is 0.500. The summed E-state index contributed by atoms with van der Waals surface area (Å²) in [6.07, 6.45) is 0. The summed E-state index contributed by atoms with van der Waals surface area (Å²) in [7, 11) is 0. The highest BCUT2D eigenvalue weighted by Gasteiger charge is 2.50. The molecular formula is C9H19N. The molecular weight excluding hydrogens is 122 g/mol. The first-order valence-electron chi connectivity index (χ1n) is 4.31. The molecule has 1 fully saturated rings. The highest BCUT2D eigenvalue weighted by Crippen LogP contribution is 2.47. The SMILES string of the molecule is CC(C)C1C(N)C1C(C)C. The lowest BCUT2D eigenvalue weighted by Gasteiger charge is -2.04. The Hall–Kier alpha value is -0.0400. The number of nitrogens with two attached hydrogens (primary N) is 1. The Morgan fingerprint density at radius 2 is 1.20 bits per heavy atom. The zero-order valence-corrected chi connectivity index (χ0v) is 7.46. The fraction of sp³-hybridized carbons (Fsp3) is 1.00. The first-order chi connectivity index (χ1) is 4.55. The minimum Gasteiger partial charge on any atom is -0.327 e. The predicted octanol–water partition coefficient (Wildman–Crippen LogP) is 1.87. The maximum absolute atomic E-state index is 5.91. The van der Waals surface area contributed by atoms with Gasteiger partial charge in [0.05, 0.1) is 0 Å². The molecule has 0 aromatic heterocycles. The molecule has 0 saturated heterocycles. The van der Waals surface area contributed by atoms with Crippen LogP contribution in [0.3, 0.4) is 0 Å². The summed E-state index contributed by atoms with van der Waals surface area (Å²) in [5.74, 6) is 3.17. The van der Waals surface area contributed by atoms with Crippen LogP contribution in [0, 0.1) is 23.7 Å². The van der Waals surface area contributed by atoms with E-state index in [1.54, 1.807) is 0 Å². The molecule has 0 aromatic carbocycles. The Morgan fingerprint density at radius 1 is 0.900 bits per heavy atom. The van der Waals surface area contributed by atoms with E-state index in [-0.39, 0.29) is 0 Å². The van der Waals surface area contributed by atoms with E-state index < -0.39 is 0 Å². The molecule has 0 radical (unpaired) electrons. The second kappa shape index (κ2) is 2.54. The summed E-state index contributed by atoms with van der Waals surface area (Å²) in [6.45, 7) is 9.08. The minimum absolute atomic E-state index is 0.500. The molecule has 60 valence electrons. The van der Waals surface area contributed by atoms with E-state index in [1.165, 1.54) is 0 Å². The van der Waals surface area contributed by atoms with Crippen molar-refractivity contribution in [3.63, 3.8) is 0 Å². The fourth-order valence-electron chi connectivity index (χ4n) is 2.16. The molecule has 1 heteroatoms. The van der Waals surface area contributed by atoms with Gasteiger partial charge >= 0.3 is 0 Å². The van der Waals surface area contributed by atoms with Gasteiger partial charge in [-0.15, -0.1) is 0 Å². The van der Waals surface area contributed by atoms with E-state index >= 15 is 0 Å². The quantitative estimate of drug-likeness (QED) is 0.624. The van der Waals surface area contributed by atoms with Crippen molar-refractivity contribution < 1.29 is 0 Å². The third kappa shape index (κ3) is 1.20. The maximum atomic E-state index is 5.91. The summed E-state index contributed by atoms with van der Waals surface area (Å²) < 4.78 is 0. The molecule has 0 amide bonds.